The van der Waals surface area contributed by atoms with E-state index in [9.17, 15) is 0 Å². The van der Waals surface area contributed by atoms with E-state index in [1.165, 1.54) is 0 Å². The Morgan fingerprint density at radius 1 is 0.560 bits per heavy atom. The molecule has 0 aliphatic carbocycles. The molecule has 0 aromatic carbocycles. The topological polar surface area (TPSA) is 332 Å². The van der Waals surface area contributed by atoms with Gasteiger partial charge in [-0.15, -0.1) is 0 Å². The third-order valence-corrected chi connectivity index (χ3v) is 0. The average Bonchev–Trinajstić information content (AvgIpc) is 1.91. The summed E-state index contributed by atoms with van der Waals surface area (Å²) < 4.78 is 8.88. The van der Waals surface area contributed by atoms with E-state index in [1.807, 2.05) is 0 Å². The molecular weight excluding hydrogens is 422 g/mol. The molecule has 0 unspecified atom stereocenters. The van der Waals surface area contributed by atoms with E-state index in [4.69, 9.17) is 79.5 Å². The molecule has 0 saturated heterocycles. The Balaban J connectivity index is -0.0000000176. The zero-order chi connectivity index (χ0) is 18.8. The van der Waals surface area contributed by atoms with Crippen molar-refractivity contribution in [2.75, 3.05) is 0 Å². The predicted octanol–water partition coefficient (Wildman–Crippen LogP) is -23.6. The van der Waals surface area contributed by atoms with Gasteiger partial charge in [-0.05, 0) is 0 Å². The Bertz CT molecular complexity index is 169. The van der Waals surface area contributed by atoms with Crippen LogP contribution in [-0.2, 0) is 4.57 Å². The number of phosphoric acid groups is 1. The van der Waals surface area contributed by atoms with Crippen LogP contribution in [0.4, 0.5) is 0 Å². The normalized spacial score (nSPS) is 6.68. The van der Waals surface area contributed by atoms with Crippen LogP contribution in [0.3, 0.4) is 0 Å². The summed E-state index contributed by atoms with van der Waals surface area (Å²) in [5.41, 5.74) is 0. The first kappa shape index (κ1) is 56.8. The summed E-state index contributed by atoms with van der Waals surface area (Å²) in [7, 11) is -14.3. The Morgan fingerprint density at radius 3 is 0.560 bits per heavy atom. The van der Waals surface area contributed by atoms with Crippen molar-refractivity contribution < 1.29 is 198 Å². The maximum Gasteiger partial charge on any atom is 1.00 e. The molecule has 0 bridgehead atoms. The smallest absolute Gasteiger partial charge is 0.907 e. The Kier molecular flexibility index (Phi) is 95.6. The van der Waals surface area contributed by atoms with Crippen molar-refractivity contribution in [3.05, 3.63) is 0 Å². The van der Waals surface area contributed by atoms with Crippen molar-refractivity contribution in [3.8, 4) is 0 Å². The van der Waals surface area contributed by atoms with Crippen LogP contribution in [-0.4, -0.2) is 84.2 Å². The van der Waals surface area contributed by atoms with Crippen LogP contribution in [0.5, 0.6) is 0 Å². The fourth-order valence-electron chi connectivity index (χ4n) is 0. The fourth-order valence-corrected chi connectivity index (χ4v) is 0. The van der Waals surface area contributed by atoms with Gasteiger partial charge >= 0.3 is 148 Å². The van der Waals surface area contributed by atoms with Crippen LogP contribution >= 0.6 is 7.82 Å². The average molecular weight is 433 g/mol. The minimum absolute atomic E-state index is 0. The molecule has 0 rings (SSSR count). The van der Waals surface area contributed by atoms with Gasteiger partial charge in [-0.1, -0.05) is 0 Å². The van der Waals surface area contributed by atoms with Gasteiger partial charge in [0.1, 0.15) is 0 Å². The van der Waals surface area contributed by atoms with Crippen LogP contribution < -0.4 is 138 Å². The van der Waals surface area contributed by atoms with E-state index in [1.54, 1.807) is 0 Å². The number of rotatable bonds is 0. The third kappa shape index (κ3) is 1240. The van der Waals surface area contributed by atoms with E-state index >= 15 is 0 Å². The molecule has 0 atom stereocenters. The summed E-state index contributed by atoms with van der Waals surface area (Å²) >= 11 is 0. The van der Waals surface area contributed by atoms with Crippen LogP contribution in [0, 0.1) is 0 Å². The molecule has 0 saturated carbocycles. The first-order chi connectivity index (χ1) is 8.93. The van der Waals surface area contributed by atoms with Gasteiger partial charge in [-0.2, -0.15) is 0 Å². The zero-order valence-electron chi connectivity index (χ0n) is 13.7. The van der Waals surface area contributed by atoms with Gasteiger partial charge in [0.25, 0.3) is 0 Å². The SMILES string of the molecule is O=P(O)(O)O.OB(O)O.OB(O)O.[Na+].[Na+].[Na+].[Na+].[O-]B(O)O.[O-]B([O-])[O-]. The quantitative estimate of drug-likeness (QED) is 0.125. The van der Waals surface area contributed by atoms with Crippen molar-refractivity contribution in [2.24, 2.45) is 0 Å². The van der Waals surface area contributed by atoms with E-state index in [-0.39, 0.29) is 118 Å². The maximum atomic E-state index is 8.88. The van der Waals surface area contributed by atoms with Gasteiger partial charge in [-0.3, -0.25) is 7.32 Å². The number of hydrogen-bond acceptors (Lipinski definition) is 13. The molecule has 16 nitrogen and oxygen atoms in total. The molecule has 0 aromatic rings. The Labute approximate surface area is 231 Å². The molecule has 0 aromatic heterocycles. The molecule has 0 heterocycles. The first-order valence-corrected chi connectivity index (χ1v) is 5.36. The summed E-state index contributed by atoms with van der Waals surface area (Å²) in [5.74, 6) is 0. The molecule has 0 amide bonds. The fraction of sp³-hybridized carbons (Fsp3) is 0. The van der Waals surface area contributed by atoms with Crippen molar-refractivity contribution in [3.63, 3.8) is 0 Å². The van der Waals surface area contributed by atoms with Gasteiger partial charge in [0.15, 0.2) is 0 Å². The monoisotopic (exact) mass is 434 g/mol. The van der Waals surface area contributed by atoms with E-state index < -0.39 is 37.1 Å². The third-order valence-electron chi connectivity index (χ3n) is 0. The summed E-state index contributed by atoms with van der Waals surface area (Å²) in [6.07, 6.45) is 0. The van der Waals surface area contributed by atoms with E-state index in [0.29, 0.717) is 0 Å². The molecule has 25 heteroatoms. The van der Waals surface area contributed by atoms with Crippen molar-refractivity contribution >= 4 is 37.1 Å². The number of hydrogen-bond donors (Lipinski definition) is 11. The summed E-state index contributed by atoms with van der Waals surface area (Å²) in [4.78, 5) is 21.6. The molecule has 0 radical (unpaired) electrons. The largest absolute Gasteiger partial charge is 1.00 e. The second-order valence-electron chi connectivity index (χ2n) is 1.82. The van der Waals surface area contributed by atoms with Gasteiger partial charge in [-0.25, -0.2) is 4.57 Å². The summed E-state index contributed by atoms with van der Waals surface area (Å²) in [6.45, 7) is 0. The molecule has 128 valence electrons. The van der Waals surface area contributed by atoms with Gasteiger partial charge in [0.2, 0.25) is 0 Å². The van der Waals surface area contributed by atoms with Gasteiger partial charge in [0.05, 0.1) is 0 Å². The molecule has 25 heavy (non-hydrogen) atoms. The Hall–Kier alpha value is 3.89. The summed E-state index contributed by atoms with van der Waals surface area (Å²) in [5, 5.41) is 91.0. The van der Waals surface area contributed by atoms with Crippen LogP contribution in [0.15, 0.2) is 0 Å². The van der Waals surface area contributed by atoms with Crippen molar-refractivity contribution in [1.29, 1.82) is 0 Å². The molecule has 0 aliphatic rings. The molecular formula is H11B4Na4O16P. The van der Waals surface area contributed by atoms with Crippen LogP contribution in [0.25, 0.3) is 0 Å². The zero-order valence-corrected chi connectivity index (χ0v) is 22.6. The van der Waals surface area contributed by atoms with Gasteiger partial charge < -0.3 is 75.0 Å². The standard InChI is InChI=1S/2BH3O3.BH2O3.BO3.4Na.H3O4P/c4*2-1(3)4;;;;;1-5(2,3)4/h2*2-4H;2-3H;;;;;;(H3,1,2,3,4)/q;;-1;-3;4*+1;. The van der Waals surface area contributed by atoms with Crippen LogP contribution in [0.2, 0.25) is 0 Å². The van der Waals surface area contributed by atoms with Gasteiger partial charge in [0, 0.05) is 0 Å². The molecule has 11 N–H and O–H groups in total. The summed E-state index contributed by atoms with van der Waals surface area (Å²) in [6, 6.07) is 0. The van der Waals surface area contributed by atoms with Crippen molar-refractivity contribution in [2.45, 2.75) is 0 Å². The predicted molar refractivity (Wildman–Crippen MR) is 55.0 cm³/mol. The molecule has 0 aliphatic heterocycles. The first-order valence-electron chi connectivity index (χ1n) is 3.79. The van der Waals surface area contributed by atoms with E-state index in [0.717, 1.165) is 0 Å². The minimum Gasteiger partial charge on any atom is -0.907 e. The van der Waals surface area contributed by atoms with E-state index in [2.05, 4.69) is 0 Å². The minimum atomic E-state index is -4.64. The Morgan fingerprint density at radius 2 is 0.560 bits per heavy atom. The second-order valence-corrected chi connectivity index (χ2v) is 2.85. The van der Waals surface area contributed by atoms with Crippen molar-refractivity contribution in [1.82, 2.24) is 0 Å². The maximum absolute atomic E-state index is 8.88. The van der Waals surface area contributed by atoms with Crippen LogP contribution in [0.1, 0.15) is 0 Å². The second kappa shape index (κ2) is 42.1. The molecule has 0 spiro atoms. The molecule has 0 fully saturated rings.